The van der Waals surface area contributed by atoms with Crippen LogP contribution in [0.2, 0.25) is 0 Å². The highest BCUT2D eigenvalue weighted by Gasteiger charge is 2.27. The van der Waals surface area contributed by atoms with E-state index in [0.717, 1.165) is 4.31 Å². The molecule has 1 fully saturated rings. The lowest BCUT2D eigenvalue weighted by Crippen LogP contribution is -2.51. The Morgan fingerprint density at radius 2 is 1.76 bits per heavy atom. The summed E-state index contributed by atoms with van der Waals surface area (Å²) in [6, 6.07) is 4.50. The maximum atomic E-state index is 12.2. The first-order valence-electron chi connectivity index (χ1n) is 6.12. The monoisotopic (exact) mass is 312 g/mol. The molecule has 2 amide bonds. The van der Waals surface area contributed by atoms with Gasteiger partial charge in [0.2, 0.25) is 21.8 Å². The first-order chi connectivity index (χ1) is 9.73. The summed E-state index contributed by atoms with van der Waals surface area (Å²) in [6.07, 6.45) is 0. The van der Waals surface area contributed by atoms with Gasteiger partial charge in [0.05, 0.1) is 24.5 Å². The van der Waals surface area contributed by atoms with Crippen LogP contribution >= 0.6 is 0 Å². The highest BCUT2D eigenvalue weighted by Crippen LogP contribution is 2.31. The maximum absolute atomic E-state index is 12.2. The number of anilines is 2. The Kier molecular flexibility index (Phi) is 3.88. The fourth-order valence-corrected chi connectivity index (χ4v) is 3.06. The minimum Gasteiger partial charge on any atom is -0.396 e. The molecule has 0 spiro atoms. The number of hydrogen-bond donors (Lipinski definition) is 2. The quantitative estimate of drug-likeness (QED) is 0.546. The number of hydrogen-bond acceptors (Lipinski definition) is 6. The minimum absolute atomic E-state index is 0.0219. The zero-order chi connectivity index (χ0) is 15.8. The van der Waals surface area contributed by atoms with Crippen LogP contribution in [0.4, 0.5) is 11.4 Å². The average molecular weight is 312 g/mol. The van der Waals surface area contributed by atoms with Gasteiger partial charge in [0.25, 0.3) is 0 Å². The van der Waals surface area contributed by atoms with Crippen molar-refractivity contribution in [2.45, 2.75) is 4.90 Å². The molecule has 3 N–H and O–H groups in total. The number of sulfonamides is 1. The molecule has 1 aliphatic heterocycles. The van der Waals surface area contributed by atoms with E-state index in [-0.39, 0.29) is 23.7 Å². The van der Waals surface area contributed by atoms with E-state index in [1.165, 1.54) is 31.1 Å². The number of nitrogens with zero attached hydrogens (tertiary/aromatic N) is 2. The van der Waals surface area contributed by atoms with Crippen LogP contribution in [0.3, 0.4) is 0 Å². The van der Waals surface area contributed by atoms with E-state index >= 15 is 0 Å². The van der Waals surface area contributed by atoms with Gasteiger partial charge in [-0.05, 0) is 12.1 Å². The minimum atomic E-state index is -3.70. The van der Waals surface area contributed by atoms with Crippen molar-refractivity contribution in [1.82, 2.24) is 9.62 Å². The number of nitrogens with one attached hydrogen (secondary N) is 1. The van der Waals surface area contributed by atoms with Crippen molar-refractivity contribution >= 4 is 33.2 Å². The van der Waals surface area contributed by atoms with Gasteiger partial charge in [-0.3, -0.25) is 14.9 Å². The molecular formula is C12H16N4O4S. The highest BCUT2D eigenvalue weighted by atomic mass is 32.2. The summed E-state index contributed by atoms with van der Waals surface area (Å²) in [5.74, 6) is -0.905. The van der Waals surface area contributed by atoms with Crippen LogP contribution in [0.1, 0.15) is 0 Å². The number of carbonyl (C=O) groups is 2. The Morgan fingerprint density at radius 3 is 2.29 bits per heavy atom. The molecule has 0 saturated carbocycles. The van der Waals surface area contributed by atoms with Crippen LogP contribution in [-0.4, -0.2) is 51.7 Å². The molecule has 0 bridgehead atoms. The molecule has 1 aromatic carbocycles. The first-order valence-corrected chi connectivity index (χ1v) is 7.56. The number of nitrogen functional groups attached to an aromatic ring is 1. The van der Waals surface area contributed by atoms with Crippen molar-refractivity contribution in [1.29, 1.82) is 0 Å². The fourth-order valence-electron chi connectivity index (χ4n) is 2.04. The van der Waals surface area contributed by atoms with Crippen LogP contribution in [0.15, 0.2) is 23.1 Å². The number of imide groups is 1. The smallest absolute Gasteiger partial charge is 0.246 e. The molecule has 0 aromatic heterocycles. The molecule has 1 saturated heterocycles. The molecule has 0 unspecified atom stereocenters. The Labute approximate surface area is 122 Å². The number of piperazine rings is 1. The van der Waals surface area contributed by atoms with Crippen molar-refractivity contribution in [3.63, 3.8) is 0 Å². The molecule has 2 rings (SSSR count). The van der Waals surface area contributed by atoms with Crippen LogP contribution in [0, 0.1) is 0 Å². The van der Waals surface area contributed by atoms with E-state index in [2.05, 4.69) is 5.32 Å². The zero-order valence-corrected chi connectivity index (χ0v) is 12.5. The van der Waals surface area contributed by atoms with Crippen LogP contribution in [0.5, 0.6) is 0 Å². The second kappa shape index (κ2) is 5.34. The second-order valence-corrected chi connectivity index (χ2v) is 6.92. The molecule has 0 aliphatic carbocycles. The SMILES string of the molecule is CN(C)S(=O)(=O)c1cccc(N2CC(=O)NC(=O)C2)c1N. The third kappa shape index (κ3) is 2.83. The van der Waals surface area contributed by atoms with E-state index in [4.69, 9.17) is 5.73 Å². The van der Waals surface area contributed by atoms with Crippen LogP contribution in [0.25, 0.3) is 0 Å². The maximum Gasteiger partial charge on any atom is 0.246 e. The van der Waals surface area contributed by atoms with Crippen molar-refractivity contribution in [3.05, 3.63) is 18.2 Å². The topological polar surface area (TPSA) is 113 Å². The number of amides is 2. The largest absolute Gasteiger partial charge is 0.396 e. The third-order valence-corrected chi connectivity index (χ3v) is 4.96. The van der Waals surface area contributed by atoms with Crippen molar-refractivity contribution in [2.75, 3.05) is 37.8 Å². The molecule has 9 heteroatoms. The number of para-hydroxylation sites is 1. The van der Waals surface area contributed by atoms with Crippen LogP contribution in [-0.2, 0) is 19.6 Å². The van der Waals surface area contributed by atoms with E-state index in [1.807, 2.05) is 0 Å². The van der Waals surface area contributed by atoms with Gasteiger partial charge in [-0.25, -0.2) is 12.7 Å². The van der Waals surface area contributed by atoms with E-state index in [0.29, 0.717) is 5.69 Å². The summed E-state index contributed by atoms with van der Waals surface area (Å²) in [5.41, 5.74) is 6.31. The molecule has 8 nitrogen and oxygen atoms in total. The van der Waals surface area contributed by atoms with Gasteiger partial charge in [0.1, 0.15) is 4.90 Å². The lowest BCUT2D eigenvalue weighted by molar-refractivity contribution is -0.130. The Bertz CT molecular complexity index is 683. The van der Waals surface area contributed by atoms with E-state index < -0.39 is 21.8 Å². The fraction of sp³-hybridized carbons (Fsp3) is 0.333. The summed E-state index contributed by atoms with van der Waals surface area (Å²) in [6.45, 7) is -0.108. The third-order valence-electron chi connectivity index (χ3n) is 3.09. The molecule has 0 radical (unpaired) electrons. The molecular weight excluding hydrogens is 296 g/mol. The number of rotatable bonds is 3. The Hall–Kier alpha value is -2.13. The normalized spacial score (nSPS) is 16.2. The standard InChI is InChI=1S/C12H16N4O4S/c1-15(2)21(19,20)9-5-3-4-8(12(9)13)16-6-10(17)14-11(18)7-16/h3-5H,6-7,13H2,1-2H3,(H,14,17,18). The average Bonchev–Trinajstić information content (AvgIpc) is 2.37. The number of nitrogens with two attached hydrogens (primary N) is 1. The molecule has 1 aromatic rings. The van der Waals surface area contributed by atoms with Crippen molar-refractivity contribution < 1.29 is 18.0 Å². The van der Waals surface area contributed by atoms with Crippen LogP contribution < -0.4 is 16.0 Å². The van der Waals surface area contributed by atoms with Gasteiger partial charge in [-0.15, -0.1) is 0 Å². The summed E-state index contributed by atoms with van der Waals surface area (Å²) >= 11 is 0. The van der Waals surface area contributed by atoms with E-state index in [9.17, 15) is 18.0 Å². The highest BCUT2D eigenvalue weighted by molar-refractivity contribution is 7.89. The summed E-state index contributed by atoms with van der Waals surface area (Å²) < 4.78 is 25.4. The van der Waals surface area contributed by atoms with Gasteiger partial charge < -0.3 is 10.6 Å². The van der Waals surface area contributed by atoms with Gasteiger partial charge in [-0.2, -0.15) is 0 Å². The Balaban J connectivity index is 2.48. The Morgan fingerprint density at radius 1 is 1.19 bits per heavy atom. The molecule has 0 atom stereocenters. The van der Waals surface area contributed by atoms with Gasteiger partial charge in [-0.1, -0.05) is 6.07 Å². The molecule has 1 aliphatic rings. The van der Waals surface area contributed by atoms with Crippen molar-refractivity contribution in [3.8, 4) is 0 Å². The molecule has 21 heavy (non-hydrogen) atoms. The summed E-state index contributed by atoms with van der Waals surface area (Å²) in [7, 11) is -0.895. The number of carbonyl (C=O) groups excluding carboxylic acids is 2. The summed E-state index contributed by atoms with van der Waals surface area (Å²) in [5, 5.41) is 2.17. The lowest BCUT2D eigenvalue weighted by Gasteiger charge is -2.29. The first kappa shape index (κ1) is 15.3. The molecule has 114 valence electrons. The van der Waals surface area contributed by atoms with Gasteiger partial charge >= 0.3 is 0 Å². The van der Waals surface area contributed by atoms with Crippen molar-refractivity contribution in [2.24, 2.45) is 0 Å². The molecule has 1 heterocycles. The number of benzene rings is 1. The predicted octanol–water partition coefficient (Wildman–Crippen LogP) is -1.02. The van der Waals surface area contributed by atoms with E-state index in [1.54, 1.807) is 6.07 Å². The van der Waals surface area contributed by atoms with Gasteiger partial charge in [0, 0.05) is 14.1 Å². The van der Waals surface area contributed by atoms with Gasteiger partial charge in [0.15, 0.2) is 0 Å². The zero-order valence-electron chi connectivity index (χ0n) is 11.7. The predicted molar refractivity (Wildman–Crippen MR) is 77.1 cm³/mol. The summed E-state index contributed by atoms with van der Waals surface area (Å²) in [4.78, 5) is 24.2. The lowest BCUT2D eigenvalue weighted by atomic mass is 10.2. The second-order valence-electron chi connectivity index (χ2n) is 4.80.